The number of hydrogen-bond donors (Lipinski definition) is 2. The molecule has 188 valence electrons. The molecule has 2 aromatic rings. The molecule has 9 nitrogen and oxygen atoms in total. The Balaban J connectivity index is 1.92. The standard InChI is InChI=1S/C25H31N3O6S/c1-34-21(29)15-16-26-24(30)20-14-9-17-28(20)25(31)23(27-35(2,32)33)22(18-10-5-3-6-11-18)19-12-7-4-8-13-19/h3-8,10-13,20,22-23,27H,9,14-17H2,1-2H3,(H,26,30)/t20-,23+/m0/s1. The van der Waals surface area contributed by atoms with E-state index in [4.69, 9.17) is 0 Å². The summed E-state index contributed by atoms with van der Waals surface area (Å²) in [6, 6.07) is 16.5. The van der Waals surface area contributed by atoms with Gasteiger partial charge in [0.2, 0.25) is 21.8 Å². The van der Waals surface area contributed by atoms with Gasteiger partial charge in [-0.15, -0.1) is 0 Å². The molecule has 10 heteroatoms. The van der Waals surface area contributed by atoms with Gasteiger partial charge in [-0.05, 0) is 24.0 Å². The Morgan fingerprint density at radius 2 is 1.60 bits per heavy atom. The lowest BCUT2D eigenvalue weighted by Crippen LogP contribution is -2.55. The van der Waals surface area contributed by atoms with Crippen LogP contribution in [0.3, 0.4) is 0 Å². The SMILES string of the molecule is COC(=O)CCNC(=O)[C@@H]1CCCN1C(=O)[C@H](NS(C)(=O)=O)C(c1ccccc1)c1ccccc1. The van der Waals surface area contributed by atoms with Crippen LogP contribution < -0.4 is 10.0 Å². The van der Waals surface area contributed by atoms with Gasteiger partial charge in [-0.3, -0.25) is 14.4 Å². The van der Waals surface area contributed by atoms with Gasteiger partial charge in [-0.25, -0.2) is 13.1 Å². The molecule has 2 N–H and O–H groups in total. The van der Waals surface area contributed by atoms with Gasteiger partial charge in [0.15, 0.2) is 0 Å². The first-order valence-corrected chi connectivity index (χ1v) is 13.3. The third kappa shape index (κ3) is 7.12. The third-order valence-corrected chi connectivity index (χ3v) is 6.63. The van der Waals surface area contributed by atoms with Crippen LogP contribution in [0, 0.1) is 0 Å². The minimum atomic E-state index is -3.77. The summed E-state index contributed by atoms with van der Waals surface area (Å²) in [6.07, 6.45) is 2.09. The second-order valence-electron chi connectivity index (χ2n) is 8.47. The Morgan fingerprint density at radius 1 is 1.03 bits per heavy atom. The topological polar surface area (TPSA) is 122 Å². The van der Waals surface area contributed by atoms with Crippen molar-refractivity contribution in [3.8, 4) is 0 Å². The van der Waals surface area contributed by atoms with E-state index < -0.39 is 39.9 Å². The fraction of sp³-hybridized carbons (Fsp3) is 0.400. The number of benzene rings is 2. The fourth-order valence-electron chi connectivity index (χ4n) is 4.38. The van der Waals surface area contributed by atoms with E-state index in [0.29, 0.717) is 19.4 Å². The summed E-state index contributed by atoms with van der Waals surface area (Å²) >= 11 is 0. The van der Waals surface area contributed by atoms with Crippen LogP contribution >= 0.6 is 0 Å². The first-order valence-electron chi connectivity index (χ1n) is 11.4. The highest BCUT2D eigenvalue weighted by Crippen LogP contribution is 2.31. The number of amides is 2. The number of esters is 1. The number of ether oxygens (including phenoxy) is 1. The van der Waals surface area contributed by atoms with E-state index in [9.17, 15) is 22.8 Å². The lowest BCUT2D eigenvalue weighted by molar-refractivity contribution is -0.141. The minimum Gasteiger partial charge on any atom is -0.469 e. The predicted octanol–water partition coefficient (Wildman–Crippen LogP) is 1.41. The summed E-state index contributed by atoms with van der Waals surface area (Å²) in [5.74, 6) is -1.91. The Morgan fingerprint density at radius 3 is 2.11 bits per heavy atom. The van der Waals surface area contributed by atoms with E-state index in [1.54, 1.807) is 0 Å². The van der Waals surface area contributed by atoms with Crippen LogP contribution in [0.1, 0.15) is 36.3 Å². The average molecular weight is 502 g/mol. The highest BCUT2D eigenvalue weighted by Gasteiger charge is 2.41. The van der Waals surface area contributed by atoms with Crippen molar-refractivity contribution in [2.75, 3.05) is 26.5 Å². The molecule has 1 heterocycles. The summed E-state index contributed by atoms with van der Waals surface area (Å²) < 4.78 is 31.9. The molecule has 1 aliphatic rings. The molecule has 2 atom stereocenters. The van der Waals surface area contributed by atoms with Crippen molar-refractivity contribution in [1.82, 2.24) is 14.9 Å². The summed E-state index contributed by atoms with van der Waals surface area (Å²) in [6.45, 7) is 0.415. The zero-order chi connectivity index (χ0) is 25.4. The molecule has 0 saturated carbocycles. The lowest BCUT2D eigenvalue weighted by Gasteiger charge is -2.33. The lowest BCUT2D eigenvalue weighted by atomic mass is 9.84. The van der Waals surface area contributed by atoms with Crippen LogP contribution in [0.2, 0.25) is 0 Å². The maximum absolute atomic E-state index is 13.9. The normalized spacial score (nSPS) is 16.7. The molecule has 0 bridgehead atoms. The Hall–Kier alpha value is -3.24. The molecule has 1 fully saturated rings. The molecular formula is C25H31N3O6S. The van der Waals surface area contributed by atoms with Crippen LogP contribution in [-0.4, -0.2) is 69.6 Å². The van der Waals surface area contributed by atoms with Gasteiger partial charge in [0.05, 0.1) is 19.8 Å². The van der Waals surface area contributed by atoms with Gasteiger partial charge >= 0.3 is 5.97 Å². The van der Waals surface area contributed by atoms with E-state index in [-0.39, 0.29) is 18.9 Å². The van der Waals surface area contributed by atoms with E-state index in [1.807, 2.05) is 60.7 Å². The number of rotatable bonds is 10. The number of nitrogens with one attached hydrogen (secondary N) is 2. The zero-order valence-corrected chi connectivity index (χ0v) is 20.7. The van der Waals surface area contributed by atoms with Crippen molar-refractivity contribution in [1.29, 1.82) is 0 Å². The molecule has 3 rings (SSSR count). The van der Waals surface area contributed by atoms with Crippen LogP contribution in [-0.2, 0) is 29.1 Å². The van der Waals surface area contributed by atoms with Crippen LogP contribution in [0.5, 0.6) is 0 Å². The van der Waals surface area contributed by atoms with Gasteiger partial charge in [-0.1, -0.05) is 60.7 Å². The second-order valence-corrected chi connectivity index (χ2v) is 10.3. The van der Waals surface area contributed by atoms with Crippen molar-refractivity contribution in [2.24, 2.45) is 0 Å². The van der Waals surface area contributed by atoms with Crippen molar-refractivity contribution < 1.29 is 27.5 Å². The molecule has 0 radical (unpaired) electrons. The number of sulfonamides is 1. The quantitative estimate of drug-likeness (QED) is 0.475. The number of methoxy groups -OCH3 is 1. The first kappa shape index (κ1) is 26.4. The average Bonchev–Trinajstić information content (AvgIpc) is 3.34. The number of carbonyl (C=O) groups excluding carboxylic acids is 3. The molecule has 1 aliphatic heterocycles. The Bertz CT molecular complexity index is 1080. The second kappa shape index (κ2) is 11.9. The molecule has 0 unspecified atom stereocenters. The maximum atomic E-state index is 13.9. The summed E-state index contributed by atoms with van der Waals surface area (Å²) in [5.41, 5.74) is 1.54. The van der Waals surface area contributed by atoms with Crippen molar-refractivity contribution >= 4 is 27.8 Å². The van der Waals surface area contributed by atoms with Crippen LogP contribution in [0.25, 0.3) is 0 Å². The maximum Gasteiger partial charge on any atom is 0.307 e. The Kier molecular flexibility index (Phi) is 9.00. The summed E-state index contributed by atoms with van der Waals surface area (Å²) in [7, 11) is -2.50. The van der Waals surface area contributed by atoms with Gasteiger partial charge in [0, 0.05) is 19.0 Å². The number of likely N-dealkylation sites (tertiary alicyclic amines) is 1. The van der Waals surface area contributed by atoms with Gasteiger partial charge in [0.25, 0.3) is 0 Å². The van der Waals surface area contributed by atoms with E-state index in [1.165, 1.54) is 12.0 Å². The van der Waals surface area contributed by atoms with Crippen LogP contribution in [0.15, 0.2) is 60.7 Å². The zero-order valence-electron chi connectivity index (χ0n) is 19.8. The highest BCUT2D eigenvalue weighted by molar-refractivity contribution is 7.88. The van der Waals surface area contributed by atoms with Crippen molar-refractivity contribution in [2.45, 2.75) is 37.3 Å². The molecule has 35 heavy (non-hydrogen) atoms. The number of carbonyl (C=O) groups is 3. The van der Waals surface area contributed by atoms with Gasteiger partial charge in [-0.2, -0.15) is 0 Å². The van der Waals surface area contributed by atoms with E-state index in [0.717, 1.165) is 17.4 Å². The Labute approximate surface area is 205 Å². The molecule has 0 aromatic heterocycles. The van der Waals surface area contributed by atoms with Gasteiger partial charge < -0.3 is 15.0 Å². The van der Waals surface area contributed by atoms with Crippen molar-refractivity contribution in [3.63, 3.8) is 0 Å². The van der Waals surface area contributed by atoms with Crippen molar-refractivity contribution in [3.05, 3.63) is 71.8 Å². The monoisotopic (exact) mass is 501 g/mol. The molecular weight excluding hydrogens is 470 g/mol. The summed E-state index contributed by atoms with van der Waals surface area (Å²) in [5, 5.41) is 2.68. The summed E-state index contributed by atoms with van der Waals surface area (Å²) in [4.78, 5) is 39.5. The molecule has 1 saturated heterocycles. The molecule has 2 aromatic carbocycles. The van der Waals surface area contributed by atoms with E-state index >= 15 is 0 Å². The smallest absolute Gasteiger partial charge is 0.307 e. The molecule has 0 aliphatic carbocycles. The minimum absolute atomic E-state index is 0.0191. The first-order chi connectivity index (χ1) is 16.7. The fourth-order valence-corrected chi connectivity index (χ4v) is 5.08. The van der Waals surface area contributed by atoms with E-state index in [2.05, 4.69) is 14.8 Å². The number of nitrogens with zero attached hydrogens (tertiary/aromatic N) is 1. The molecule has 2 amide bonds. The largest absolute Gasteiger partial charge is 0.469 e. The number of hydrogen-bond acceptors (Lipinski definition) is 6. The van der Waals surface area contributed by atoms with Gasteiger partial charge in [0.1, 0.15) is 12.1 Å². The molecule has 0 spiro atoms. The van der Waals surface area contributed by atoms with Crippen LogP contribution in [0.4, 0.5) is 0 Å². The predicted molar refractivity (Wildman–Crippen MR) is 131 cm³/mol. The highest BCUT2D eigenvalue weighted by atomic mass is 32.2. The third-order valence-electron chi connectivity index (χ3n) is 5.95.